The Morgan fingerprint density at radius 1 is 0.971 bits per heavy atom. The van der Waals surface area contributed by atoms with Crippen molar-refractivity contribution >= 4 is 22.2 Å². The van der Waals surface area contributed by atoms with Gasteiger partial charge in [0, 0.05) is 17.4 Å². The molecular formula is C28H25F2N3OS. The first kappa shape index (κ1) is 23.2. The molecular weight excluding hydrogens is 464 g/mol. The maximum absolute atomic E-state index is 14.3. The predicted molar refractivity (Wildman–Crippen MR) is 137 cm³/mol. The normalized spacial score (nSPS) is 15.5. The molecule has 1 aliphatic rings. The number of rotatable bonds is 6. The molecule has 4 aromatic rings. The number of hydrogen-bond donors (Lipinski definition) is 0. The smallest absolute Gasteiger partial charge is 0.207 e. The van der Waals surface area contributed by atoms with E-state index in [0.29, 0.717) is 28.7 Å². The van der Waals surface area contributed by atoms with E-state index in [1.807, 2.05) is 10.4 Å². The lowest BCUT2D eigenvalue weighted by Gasteiger charge is -2.21. The zero-order valence-corrected chi connectivity index (χ0v) is 20.5. The van der Waals surface area contributed by atoms with E-state index in [1.165, 1.54) is 42.2 Å². The van der Waals surface area contributed by atoms with Crippen molar-refractivity contribution in [3.05, 3.63) is 100 Å². The van der Waals surface area contributed by atoms with Gasteiger partial charge in [-0.2, -0.15) is 5.10 Å². The third-order valence-corrected chi connectivity index (χ3v) is 7.04. The zero-order chi connectivity index (χ0) is 24.5. The van der Waals surface area contributed by atoms with Gasteiger partial charge < -0.3 is 4.74 Å². The van der Waals surface area contributed by atoms with Crippen LogP contribution in [0.25, 0.3) is 11.3 Å². The summed E-state index contributed by atoms with van der Waals surface area (Å²) in [6.45, 7) is 4.34. The van der Waals surface area contributed by atoms with Crippen molar-refractivity contribution in [1.29, 1.82) is 0 Å². The second-order valence-corrected chi connectivity index (χ2v) is 9.64. The van der Waals surface area contributed by atoms with Gasteiger partial charge in [0.05, 0.1) is 24.6 Å². The van der Waals surface area contributed by atoms with Crippen LogP contribution in [0.4, 0.5) is 13.9 Å². The van der Waals surface area contributed by atoms with Crippen LogP contribution >= 0.6 is 11.3 Å². The summed E-state index contributed by atoms with van der Waals surface area (Å²) in [5.74, 6) is -0.0647. The van der Waals surface area contributed by atoms with Gasteiger partial charge in [-0.1, -0.05) is 50.2 Å². The average molecular weight is 490 g/mol. The molecule has 1 aromatic heterocycles. The quantitative estimate of drug-likeness (QED) is 0.280. The van der Waals surface area contributed by atoms with E-state index in [2.05, 4.69) is 38.1 Å². The van der Waals surface area contributed by atoms with Crippen molar-refractivity contribution in [2.75, 3.05) is 12.1 Å². The molecule has 4 nitrogen and oxygen atoms in total. The minimum absolute atomic E-state index is 0.0529. The van der Waals surface area contributed by atoms with Crippen molar-refractivity contribution in [1.82, 2.24) is 4.98 Å². The Bertz CT molecular complexity index is 1360. The Morgan fingerprint density at radius 2 is 1.69 bits per heavy atom. The highest BCUT2D eigenvalue weighted by molar-refractivity contribution is 7.14. The van der Waals surface area contributed by atoms with Gasteiger partial charge in [-0.05, 0) is 52.9 Å². The number of hydrogen-bond acceptors (Lipinski definition) is 5. The number of methoxy groups -OCH3 is 1. The van der Waals surface area contributed by atoms with E-state index in [-0.39, 0.29) is 17.6 Å². The minimum atomic E-state index is -0.430. The third-order valence-electron chi connectivity index (χ3n) is 6.21. The summed E-state index contributed by atoms with van der Waals surface area (Å²) in [5, 5.41) is 9.45. The summed E-state index contributed by atoms with van der Waals surface area (Å²) >= 11 is 1.46. The lowest BCUT2D eigenvalue weighted by Crippen LogP contribution is -2.18. The number of halogens is 2. The van der Waals surface area contributed by atoms with Crippen LogP contribution < -0.4 is 9.75 Å². The SMILES string of the molecule is COc1ccc(-c2csc(N3N=C(c4ccc(F)cc4)CC3c3ccc(C(C)C)cc3)n2)cc1F. The maximum Gasteiger partial charge on any atom is 0.207 e. The minimum Gasteiger partial charge on any atom is -0.494 e. The molecule has 1 aliphatic heterocycles. The first-order chi connectivity index (χ1) is 16.9. The number of benzene rings is 3. The van der Waals surface area contributed by atoms with E-state index in [4.69, 9.17) is 14.8 Å². The second kappa shape index (κ2) is 9.58. The monoisotopic (exact) mass is 489 g/mol. The molecule has 35 heavy (non-hydrogen) atoms. The van der Waals surface area contributed by atoms with Crippen LogP contribution in [-0.2, 0) is 0 Å². The van der Waals surface area contributed by atoms with Crippen LogP contribution in [0.2, 0.25) is 0 Å². The number of hydrazone groups is 1. The van der Waals surface area contributed by atoms with Crippen molar-refractivity contribution in [2.24, 2.45) is 5.10 Å². The molecule has 0 aliphatic carbocycles. The Morgan fingerprint density at radius 3 is 2.34 bits per heavy atom. The lowest BCUT2D eigenvalue weighted by atomic mass is 9.95. The predicted octanol–water partition coefficient (Wildman–Crippen LogP) is 7.58. The molecule has 1 unspecified atom stereocenters. The molecule has 0 saturated carbocycles. The standard InChI is InChI=1S/C28H25F2N3OS/c1-17(2)18-4-6-20(7-5-18)26-15-24(19-8-11-22(29)12-9-19)32-33(26)28-31-25(16-35-28)21-10-13-27(34-3)23(30)14-21/h4-14,16-17,26H,15H2,1-3H3. The highest BCUT2D eigenvalue weighted by Gasteiger charge is 2.32. The topological polar surface area (TPSA) is 37.7 Å². The molecule has 0 amide bonds. The number of aromatic nitrogens is 1. The molecule has 2 heterocycles. The van der Waals surface area contributed by atoms with Crippen LogP contribution in [0.15, 0.2) is 77.2 Å². The fourth-order valence-electron chi connectivity index (χ4n) is 4.19. The van der Waals surface area contributed by atoms with Crippen molar-refractivity contribution in [3.63, 3.8) is 0 Å². The zero-order valence-electron chi connectivity index (χ0n) is 19.7. The molecule has 7 heteroatoms. The van der Waals surface area contributed by atoms with Crippen LogP contribution in [-0.4, -0.2) is 17.8 Å². The largest absolute Gasteiger partial charge is 0.494 e. The third kappa shape index (κ3) is 4.68. The number of anilines is 1. The number of ether oxygens (including phenoxy) is 1. The fourth-order valence-corrected chi connectivity index (χ4v) is 5.03. The number of thiazole rings is 1. The Hall–Kier alpha value is -3.58. The lowest BCUT2D eigenvalue weighted by molar-refractivity contribution is 0.386. The molecule has 0 radical (unpaired) electrons. The Labute approximate surface area is 207 Å². The number of nitrogens with zero attached hydrogens (tertiary/aromatic N) is 3. The van der Waals surface area contributed by atoms with Crippen molar-refractivity contribution < 1.29 is 13.5 Å². The second-order valence-electron chi connectivity index (χ2n) is 8.80. The first-order valence-corrected chi connectivity index (χ1v) is 12.3. The van der Waals surface area contributed by atoms with E-state index in [0.717, 1.165) is 16.8 Å². The van der Waals surface area contributed by atoms with Gasteiger partial charge in [0.25, 0.3) is 0 Å². The van der Waals surface area contributed by atoms with Gasteiger partial charge >= 0.3 is 0 Å². The van der Waals surface area contributed by atoms with Crippen LogP contribution in [0.1, 0.15) is 48.9 Å². The first-order valence-electron chi connectivity index (χ1n) is 11.4. The summed E-state index contributed by atoms with van der Waals surface area (Å²) in [4.78, 5) is 4.79. The molecule has 0 saturated heterocycles. The maximum atomic E-state index is 14.3. The van der Waals surface area contributed by atoms with Gasteiger partial charge in [0.15, 0.2) is 11.6 Å². The van der Waals surface area contributed by atoms with Crippen molar-refractivity contribution in [2.45, 2.75) is 32.2 Å². The molecule has 5 rings (SSSR count). The molecule has 0 spiro atoms. The summed E-state index contributed by atoms with van der Waals surface area (Å²) in [6.07, 6.45) is 0.665. The van der Waals surface area contributed by atoms with Gasteiger partial charge in [0.1, 0.15) is 5.82 Å². The molecule has 178 valence electrons. The van der Waals surface area contributed by atoms with Crippen LogP contribution in [0.5, 0.6) is 5.75 Å². The molecule has 3 aromatic carbocycles. The van der Waals surface area contributed by atoms with Gasteiger partial charge in [-0.15, -0.1) is 11.3 Å². The van der Waals surface area contributed by atoms with Crippen LogP contribution in [0, 0.1) is 11.6 Å². The van der Waals surface area contributed by atoms with Crippen LogP contribution in [0.3, 0.4) is 0 Å². The highest BCUT2D eigenvalue weighted by Crippen LogP contribution is 2.40. The van der Waals surface area contributed by atoms with Gasteiger partial charge in [-0.3, -0.25) is 0 Å². The summed E-state index contributed by atoms with van der Waals surface area (Å²) in [5.41, 5.74) is 5.50. The summed E-state index contributed by atoms with van der Waals surface area (Å²) < 4.78 is 32.8. The Kier molecular flexibility index (Phi) is 6.34. The van der Waals surface area contributed by atoms with E-state index < -0.39 is 5.82 Å². The molecule has 0 fully saturated rings. The summed E-state index contributed by atoms with van der Waals surface area (Å²) in [7, 11) is 1.44. The molecule has 0 N–H and O–H groups in total. The van der Waals surface area contributed by atoms with E-state index in [9.17, 15) is 8.78 Å². The fraction of sp³-hybridized carbons (Fsp3) is 0.214. The van der Waals surface area contributed by atoms with Gasteiger partial charge in [0.2, 0.25) is 5.13 Å². The summed E-state index contributed by atoms with van der Waals surface area (Å²) in [6, 6.07) is 19.8. The van der Waals surface area contributed by atoms with E-state index >= 15 is 0 Å². The van der Waals surface area contributed by atoms with E-state index in [1.54, 1.807) is 24.3 Å². The molecule has 1 atom stereocenters. The van der Waals surface area contributed by atoms with Gasteiger partial charge in [-0.25, -0.2) is 18.8 Å². The Balaban J connectivity index is 1.51. The highest BCUT2D eigenvalue weighted by atomic mass is 32.1. The molecule has 0 bridgehead atoms. The average Bonchev–Trinajstić information content (AvgIpc) is 3.52. The van der Waals surface area contributed by atoms with Crippen molar-refractivity contribution in [3.8, 4) is 17.0 Å².